The third-order valence-corrected chi connectivity index (χ3v) is 3.65. The summed E-state index contributed by atoms with van der Waals surface area (Å²) in [4.78, 5) is 6.21. The minimum Gasteiger partial charge on any atom is -0.444 e. The largest absolute Gasteiger partial charge is 0.444 e. The smallest absolute Gasteiger partial charge is 0.226 e. The Morgan fingerprint density at radius 1 is 1.00 bits per heavy atom. The van der Waals surface area contributed by atoms with Gasteiger partial charge in [-0.15, -0.1) is 0 Å². The Bertz CT molecular complexity index is 831. The maximum absolute atomic E-state index is 13.4. The van der Waals surface area contributed by atoms with E-state index in [0.29, 0.717) is 35.9 Å². The van der Waals surface area contributed by atoms with Gasteiger partial charge in [0.15, 0.2) is 11.6 Å². The molecule has 0 spiro atoms. The van der Waals surface area contributed by atoms with Crippen molar-refractivity contribution in [1.82, 2.24) is 4.98 Å². The zero-order valence-electron chi connectivity index (χ0n) is 13.0. The van der Waals surface area contributed by atoms with Gasteiger partial charge in [0.25, 0.3) is 0 Å². The number of hydrogen-bond acceptors (Lipinski definition) is 3. The van der Waals surface area contributed by atoms with Gasteiger partial charge in [0, 0.05) is 23.9 Å². The average molecular weight is 332 g/mol. The zero-order valence-corrected chi connectivity index (χ0v) is 13.0. The Kier molecular flexibility index (Phi) is 4.55. The van der Waals surface area contributed by atoms with Gasteiger partial charge in [-0.25, -0.2) is 18.2 Å². The number of oxazole rings is 1. The standard InChI is InChI=1S/C18H15F3N2O/c1-2-23(15-7-8-16(20)17(21)9-15)10-14-11-24-18(22-14)12-3-5-13(19)6-4-12/h3-9,11H,2,10H2,1H3. The van der Waals surface area contributed by atoms with E-state index in [1.165, 1.54) is 24.5 Å². The van der Waals surface area contributed by atoms with Crippen molar-refractivity contribution in [3.63, 3.8) is 0 Å². The van der Waals surface area contributed by atoms with E-state index in [0.717, 1.165) is 12.1 Å². The van der Waals surface area contributed by atoms with Crippen LogP contribution in [0.3, 0.4) is 0 Å². The molecule has 124 valence electrons. The second-order valence-corrected chi connectivity index (χ2v) is 5.26. The van der Waals surface area contributed by atoms with E-state index < -0.39 is 11.6 Å². The molecule has 0 bridgehead atoms. The second kappa shape index (κ2) is 6.78. The quantitative estimate of drug-likeness (QED) is 0.673. The maximum Gasteiger partial charge on any atom is 0.226 e. The van der Waals surface area contributed by atoms with Crippen LogP contribution in [-0.4, -0.2) is 11.5 Å². The molecule has 3 aromatic rings. The number of benzene rings is 2. The fourth-order valence-electron chi connectivity index (χ4n) is 2.37. The van der Waals surface area contributed by atoms with Crippen LogP contribution in [0.4, 0.5) is 18.9 Å². The summed E-state index contributed by atoms with van der Waals surface area (Å²) in [7, 11) is 0. The molecule has 0 fully saturated rings. The summed E-state index contributed by atoms with van der Waals surface area (Å²) >= 11 is 0. The third kappa shape index (κ3) is 3.42. The van der Waals surface area contributed by atoms with E-state index in [2.05, 4.69) is 4.98 Å². The highest BCUT2D eigenvalue weighted by Gasteiger charge is 2.13. The van der Waals surface area contributed by atoms with Crippen LogP contribution in [0.2, 0.25) is 0 Å². The number of nitrogens with zero attached hydrogens (tertiary/aromatic N) is 2. The first-order valence-corrected chi connectivity index (χ1v) is 7.47. The fourth-order valence-corrected chi connectivity index (χ4v) is 2.37. The minimum absolute atomic E-state index is 0.332. The summed E-state index contributed by atoms with van der Waals surface area (Å²) in [6, 6.07) is 9.59. The number of hydrogen-bond donors (Lipinski definition) is 0. The Morgan fingerprint density at radius 3 is 2.42 bits per heavy atom. The summed E-state index contributed by atoms with van der Waals surface area (Å²) in [6.45, 7) is 2.87. The normalized spacial score (nSPS) is 10.8. The van der Waals surface area contributed by atoms with Gasteiger partial charge in [0.05, 0.1) is 12.2 Å². The van der Waals surface area contributed by atoms with E-state index in [1.807, 2.05) is 11.8 Å². The van der Waals surface area contributed by atoms with Gasteiger partial charge in [-0.05, 0) is 43.3 Å². The molecule has 0 aliphatic carbocycles. The maximum atomic E-state index is 13.4. The minimum atomic E-state index is -0.891. The molecular formula is C18H15F3N2O. The van der Waals surface area contributed by atoms with Crippen molar-refractivity contribution in [2.75, 3.05) is 11.4 Å². The highest BCUT2D eigenvalue weighted by Crippen LogP contribution is 2.22. The molecular weight excluding hydrogens is 317 g/mol. The van der Waals surface area contributed by atoms with Gasteiger partial charge in [-0.2, -0.15) is 0 Å². The molecule has 0 aliphatic heterocycles. The summed E-state index contributed by atoms with van der Waals surface area (Å²) < 4.78 is 44.9. The summed E-state index contributed by atoms with van der Waals surface area (Å²) in [6.07, 6.45) is 1.50. The van der Waals surface area contributed by atoms with Crippen molar-refractivity contribution in [3.8, 4) is 11.5 Å². The summed E-state index contributed by atoms with van der Waals surface area (Å²) in [5.41, 5.74) is 1.86. The summed E-state index contributed by atoms with van der Waals surface area (Å²) in [5, 5.41) is 0. The van der Waals surface area contributed by atoms with Gasteiger partial charge >= 0.3 is 0 Å². The van der Waals surface area contributed by atoms with Gasteiger partial charge in [0.1, 0.15) is 12.1 Å². The van der Waals surface area contributed by atoms with Crippen molar-refractivity contribution >= 4 is 5.69 Å². The monoisotopic (exact) mass is 332 g/mol. The van der Waals surface area contributed by atoms with Crippen LogP contribution < -0.4 is 4.90 Å². The Balaban J connectivity index is 1.79. The molecule has 1 aromatic heterocycles. The third-order valence-electron chi connectivity index (χ3n) is 3.65. The van der Waals surface area contributed by atoms with Crippen molar-refractivity contribution < 1.29 is 17.6 Å². The van der Waals surface area contributed by atoms with Crippen LogP contribution in [-0.2, 0) is 6.54 Å². The molecule has 0 atom stereocenters. The highest BCUT2D eigenvalue weighted by molar-refractivity contribution is 5.53. The van der Waals surface area contributed by atoms with Crippen molar-refractivity contribution in [2.45, 2.75) is 13.5 Å². The van der Waals surface area contributed by atoms with Crippen LogP contribution >= 0.6 is 0 Å². The van der Waals surface area contributed by atoms with Gasteiger partial charge in [-0.1, -0.05) is 0 Å². The fraction of sp³-hybridized carbons (Fsp3) is 0.167. The van der Waals surface area contributed by atoms with E-state index in [1.54, 1.807) is 12.1 Å². The molecule has 0 unspecified atom stereocenters. The number of halogens is 3. The predicted octanol–water partition coefficient (Wildman–Crippen LogP) is 4.79. The molecule has 6 heteroatoms. The van der Waals surface area contributed by atoms with Crippen LogP contribution in [0.1, 0.15) is 12.6 Å². The molecule has 2 aromatic carbocycles. The number of anilines is 1. The Hall–Kier alpha value is -2.76. The van der Waals surface area contributed by atoms with Crippen LogP contribution in [0.15, 0.2) is 53.1 Å². The molecule has 0 radical (unpaired) electrons. The molecule has 24 heavy (non-hydrogen) atoms. The van der Waals surface area contributed by atoms with Crippen molar-refractivity contribution in [3.05, 3.63) is 71.9 Å². The van der Waals surface area contributed by atoms with Crippen LogP contribution in [0.25, 0.3) is 11.5 Å². The number of rotatable bonds is 5. The lowest BCUT2D eigenvalue weighted by Crippen LogP contribution is -2.22. The molecule has 0 N–H and O–H groups in total. The molecule has 1 heterocycles. The molecule has 3 nitrogen and oxygen atoms in total. The topological polar surface area (TPSA) is 29.3 Å². The highest BCUT2D eigenvalue weighted by atomic mass is 19.2. The van der Waals surface area contributed by atoms with E-state index in [-0.39, 0.29) is 5.82 Å². The van der Waals surface area contributed by atoms with E-state index in [9.17, 15) is 13.2 Å². The number of aromatic nitrogens is 1. The average Bonchev–Trinajstić information content (AvgIpc) is 3.04. The van der Waals surface area contributed by atoms with Gasteiger partial charge < -0.3 is 9.32 Å². The van der Waals surface area contributed by atoms with Crippen molar-refractivity contribution in [2.24, 2.45) is 0 Å². The SMILES string of the molecule is CCN(Cc1coc(-c2ccc(F)cc2)n1)c1ccc(F)c(F)c1. The first-order valence-electron chi connectivity index (χ1n) is 7.47. The van der Waals surface area contributed by atoms with E-state index >= 15 is 0 Å². The molecule has 0 saturated heterocycles. The van der Waals surface area contributed by atoms with Crippen LogP contribution in [0, 0.1) is 17.5 Å². The molecule has 0 aliphatic rings. The second-order valence-electron chi connectivity index (χ2n) is 5.26. The van der Waals surface area contributed by atoms with Crippen LogP contribution in [0.5, 0.6) is 0 Å². The Labute approximate surface area is 137 Å². The molecule has 3 rings (SSSR count). The van der Waals surface area contributed by atoms with Crippen molar-refractivity contribution in [1.29, 1.82) is 0 Å². The summed E-state index contributed by atoms with van der Waals surface area (Å²) in [5.74, 6) is -1.72. The first-order chi connectivity index (χ1) is 11.6. The Morgan fingerprint density at radius 2 is 1.75 bits per heavy atom. The lowest BCUT2D eigenvalue weighted by molar-refractivity contribution is 0.508. The lowest BCUT2D eigenvalue weighted by atomic mass is 10.2. The first kappa shape index (κ1) is 16.1. The lowest BCUT2D eigenvalue weighted by Gasteiger charge is -2.21. The molecule has 0 saturated carbocycles. The predicted molar refractivity (Wildman–Crippen MR) is 85.0 cm³/mol. The van der Waals surface area contributed by atoms with Gasteiger partial charge in [0.2, 0.25) is 5.89 Å². The van der Waals surface area contributed by atoms with E-state index in [4.69, 9.17) is 4.42 Å². The zero-order chi connectivity index (χ0) is 17.1. The molecule has 0 amide bonds. The van der Waals surface area contributed by atoms with Gasteiger partial charge in [-0.3, -0.25) is 0 Å².